The first kappa shape index (κ1) is 9.65. The average molecular weight is 192 g/mol. The molecule has 0 radical (unpaired) electrons. The molecule has 1 saturated heterocycles. The van der Waals surface area contributed by atoms with Gasteiger partial charge in [-0.15, -0.1) is 0 Å². The fourth-order valence-electron chi connectivity index (χ4n) is 1.97. The Balaban J connectivity index is 2.30. The molecule has 0 aliphatic carbocycles. The van der Waals surface area contributed by atoms with E-state index >= 15 is 0 Å². The summed E-state index contributed by atoms with van der Waals surface area (Å²) in [6.07, 6.45) is 0.275. The number of aliphatic hydroxyl groups excluding tert-OH is 1. The molecular weight excluding hydrogens is 176 g/mol. The lowest BCUT2D eigenvalue weighted by molar-refractivity contribution is 0.0567. The Morgan fingerprint density at radius 1 is 1.36 bits per heavy atom. The summed E-state index contributed by atoms with van der Waals surface area (Å²) < 4.78 is 0. The molecule has 1 aromatic rings. The van der Waals surface area contributed by atoms with Gasteiger partial charge in [-0.3, -0.25) is 0 Å². The molecule has 1 fully saturated rings. The normalized spacial score (nSPS) is 32.9. The van der Waals surface area contributed by atoms with E-state index in [2.05, 4.69) is 5.32 Å². The van der Waals surface area contributed by atoms with E-state index in [9.17, 15) is 5.11 Å². The lowest BCUT2D eigenvalue weighted by Crippen LogP contribution is -2.57. The molecule has 2 rings (SSSR count). The molecule has 14 heavy (non-hydrogen) atoms. The van der Waals surface area contributed by atoms with Gasteiger partial charge in [-0.2, -0.15) is 0 Å². The zero-order valence-electron chi connectivity index (χ0n) is 8.11. The van der Waals surface area contributed by atoms with Gasteiger partial charge in [0.05, 0.1) is 11.6 Å². The molecular formula is C11H16N2O. The van der Waals surface area contributed by atoms with Crippen LogP contribution in [0.25, 0.3) is 0 Å². The molecule has 0 unspecified atom stereocenters. The average Bonchev–Trinajstić information content (AvgIpc) is 2.24. The summed E-state index contributed by atoms with van der Waals surface area (Å²) in [5, 5.41) is 13.0. The Morgan fingerprint density at radius 2 is 2.07 bits per heavy atom. The molecule has 0 saturated carbocycles. The van der Waals surface area contributed by atoms with Crippen LogP contribution in [0.15, 0.2) is 30.3 Å². The topological polar surface area (TPSA) is 58.3 Å². The Morgan fingerprint density at radius 3 is 2.71 bits per heavy atom. The van der Waals surface area contributed by atoms with Crippen molar-refractivity contribution < 1.29 is 5.11 Å². The maximum absolute atomic E-state index is 9.89. The van der Waals surface area contributed by atoms with Gasteiger partial charge < -0.3 is 16.2 Å². The number of rotatable bonds is 1. The molecule has 2 atom stereocenters. The number of benzene rings is 1. The van der Waals surface area contributed by atoms with Crippen LogP contribution in [-0.2, 0) is 5.54 Å². The Labute approximate surface area is 83.9 Å². The van der Waals surface area contributed by atoms with Crippen molar-refractivity contribution in [3.8, 4) is 0 Å². The first-order valence-corrected chi connectivity index (χ1v) is 4.97. The molecule has 1 aliphatic rings. The standard InChI is InChI=1S/C11H16N2O/c12-11(6-7-13-8-10(11)14)9-4-2-1-3-5-9/h1-5,10,13-14H,6-8,12H2/t10-,11-/m1/s1. The van der Waals surface area contributed by atoms with E-state index in [1.54, 1.807) is 0 Å². The number of hydrogen-bond donors (Lipinski definition) is 3. The predicted octanol–water partition coefficient (Wildman–Crippen LogP) is 0.195. The molecule has 4 N–H and O–H groups in total. The van der Waals surface area contributed by atoms with Gasteiger partial charge in [0.2, 0.25) is 0 Å². The maximum atomic E-state index is 9.89. The second kappa shape index (κ2) is 3.69. The summed E-state index contributed by atoms with van der Waals surface area (Å²) >= 11 is 0. The van der Waals surface area contributed by atoms with Crippen LogP contribution < -0.4 is 11.1 Å². The van der Waals surface area contributed by atoms with Crippen molar-refractivity contribution in [3.05, 3.63) is 35.9 Å². The van der Waals surface area contributed by atoms with Crippen LogP contribution >= 0.6 is 0 Å². The molecule has 1 aromatic carbocycles. The third-order valence-electron chi connectivity index (χ3n) is 2.96. The molecule has 0 bridgehead atoms. The van der Waals surface area contributed by atoms with Crippen LogP contribution in [0.2, 0.25) is 0 Å². The van der Waals surface area contributed by atoms with Crippen molar-refractivity contribution >= 4 is 0 Å². The summed E-state index contributed by atoms with van der Waals surface area (Å²) in [7, 11) is 0. The Kier molecular flexibility index (Phi) is 2.54. The molecule has 76 valence electrons. The third-order valence-corrected chi connectivity index (χ3v) is 2.96. The second-order valence-electron chi connectivity index (χ2n) is 3.88. The lowest BCUT2D eigenvalue weighted by Gasteiger charge is -2.39. The molecule has 3 heteroatoms. The molecule has 1 aliphatic heterocycles. The van der Waals surface area contributed by atoms with Crippen LogP contribution in [0.5, 0.6) is 0 Å². The van der Waals surface area contributed by atoms with E-state index in [1.807, 2.05) is 30.3 Å². The monoisotopic (exact) mass is 192 g/mol. The highest BCUT2D eigenvalue weighted by atomic mass is 16.3. The minimum atomic E-state index is -0.577. The number of β-amino-alcohol motifs (C(OH)–C–C–N with tert-alkyl or cyclic N) is 1. The summed E-state index contributed by atoms with van der Waals surface area (Å²) in [5.41, 5.74) is 6.68. The SMILES string of the molecule is N[C@@]1(c2ccccc2)CCNC[C@H]1O. The maximum Gasteiger partial charge on any atom is 0.0885 e. The highest BCUT2D eigenvalue weighted by Crippen LogP contribution is 2.27. The van der Waals surface area contributed by atoms with E-state index in [4.69, 9.17) is 5.73 Å². The van der Waals surface area contributed by atoms with Crippen molar-refractivity contribution in [2.24, 2.45) is 5.73 Å². The van der Waals surface area contributed by atoms with Crippen molar-refractivity contribution in [2.75, 3.05) is 13.1 Å². The minimum Gasteiger partial charge on any atom is -0.390 e. The predicted molar refractivity (Wildman–Crippen MR) is 55.8 cm³/mol. The highest BCUT2D eigenvalue weighted by Gasteiger charge is 2.37. The van der Waals surface area contributed by atoms with Gasteiger partial charge in [-0.05, 0) is 18.5 Å². The number of nitrogens with two attached hydrogens (primary N) is 1. The van der Waals surface area contributed by atoms with Gasteiger partial charge in [0.1, 0.15) is 0 Å². The first-order chi connectivity index (χ1) is 6.73. The number of aliphatic hydroxyl groups is 1. The Bertz CT molecular complexity index is 301. The van der Waals surface area contributed by atoms with E-state index in [0.29, 0.717) is 6.54 Å². The van der Waals surface area contributed by atoms with E-state index in [1.165, 1.54) is 0 Å². The van der Waals surface area contributed by atoms with Gasteiger partial charge in [-0.25, -0.2) is 0 Å². The molecule has 0 aromatic heterocycles. The van der Waals surface area contributed by atoms with Gasteiger partial charge >= 0.3 is 0 Å². The molecule has 0 amide bonds. The van der Waals surface area contributed by atoms with Crippen LogP contribution in [0.4, 0.5) is 0 Å². The van der Waals surface area contributed by atoms with Crippen LogP contribution in [-0.4, -0.2) is 24.3 Å². The minimum absolute atomic E-state index is 0.501. The van der Waals surface area contributed by atoms with Crippen LogP contribution in [0.1, 0.15) is 12.0 Å². The van der Waals surface area contributed by atoms with Gasteiger partial charge in [0, 0.05) is 6.54 Å². The number of piperidine rings is 1. The molecule has 3 nitrogen and oxygen atoms in total. The third kappa shape index (κ3) is 1.54. The van der Waals surface area contributed by atoms with E-state index in [-0.39, 0.29) is 0 Å². The zero-order valence-corrected chi connectivity index (χ0v) is 8.11. The van der Waals surface area contributed by atoms with Crippen molar-refractivity contribution in [1.82, 2.24) is 5.32 Å². The van der Waals surface area contributed by atoms with Crippen molar-refractivity contribution in [2.45, 2.75) is 18.1 Å². The summed E-state index contributed by atoms with van der Waals surface area (Å²) in [5.74, 6) is 0. The van der Waals surface area contributed by atoms with Crippen LogP contribution in [0.3, 0.4) is 0 Å². The Hall–Kier alpha value is -0.900. The van der Waals surface area contributed by atoms with Gasteiger partial charge in [0.25, 0.3) is 0 Å². The number of nitrogens with one attached hydrogen (secondary N) is 1. The number of hydrogen-bond acceptors (Lipinski definition) is 3. The quantitative estimate of drug-likeness (QED) is 0.595. The molecule has 1 heterocycles. The van der Waals surface area contributed by atoms with Crippen LogP contribution in [0, 0.1) is 0 Å². The summed E-state index contributed by atoms with van der Waals surface area (Å²) in [4.78, 5) is 0. The highest BCUT2D eigenvalue weighted by molar-refractivity contribution is 5.26. The largest absolute Gasteiger partial charge is 0.390 e. The zero-order chi connectivity index (χ0) is 10.0. The summed E-state index contributed by atoms with van der Waals surface area (Å²) in [6, 6.07) is 9.83. The first-order valence-electron chi connectivity index (χ1n) is 4.97. The van der Waals surface area contributed by atoms with E-state index in [0.717, 1.165) is 18.5 Å². The van der Waals surface area contributed by atoms with Crippen molar-refractivity contribution in [3.63, 3.8) is 0 Å². The fourth-order valence-corrected chi connectivity index (χ4v) is 1.97. The van der Waals surface area contributed by atoms with Gasteiger partial charge in [0.15, 0.2) is 0 Å². The fraction of sp³-hybridized carbons (Fsp3) is 0.455. The van der Waals surface area contributed by atoms with Gasteiger partial charge in [-0.1, -0.05) is 30.3 Å². The lowest BCUT2D eigenvalue weighted by atomic mass is 9.80. The smallest absolute Gasteiger partial charge is 0.0885 e. The second-order valence-corrected chi connectivity index (χ2v) is 3.88. The van der Waals surface area contributed by atoms with E-state index < -0.39 is 11.6 Å². The molecule has 0 spiro atoms. The van der Waals surface area contributed by atoms with Crippen molar-refractivity contribution in [1.29, 1.82) is 0 Å². The summed E-state index contributed by atoms with van der Waals surface area (Å²) in [6.45, 7) is 1.44.